The Morgan fingerprint density at radius 3 is 2.29 bits per heavy atom. The van der Waals surface area contributed by atoms with Crippen LogP contribution in [0.5, 0.6) is 0 Å². The van der Waals surface area contributed by atoms with Crippen molar-refractivity contribution in [1.82, 2.24) is 0 Å². The van der Waals surface area contributed by atoms with Crippen molar-refractivity contribution in [3.8, 4) is 6.07 Å². The Morgan fingerprint density at radius 2 is 1.67 bits per heavy atom. The molecule has 0 aromatic heterocycles. The third-order valence-electron chi connectivity index (χ3n) is 3.24. The maximum absolute atomic E-state index is 13.1. The van der Waals surface area contributed by atoms with E-state index < -0.39 is 5.91 Å². The molecule has 2 aromatic carbocycles. The number of para-hydroxylation sites is 2. The zero-order valence-corrected chi connectivity index (χ0v) is 12.9. The lowest BCUT2D eigenvalue weighted by atomic mass is 10.1. The van der Waals surface area contributed by atoms with Crippen LogP contribution in [0.15, 0.2) is 48.5 Å². The molecule has 0 heterocycles. The zero-order valence-electron chi connectivity index (χ0n) is 12.9. The van der Waals surface area contributed by atoms with Gasteiger partial charge in [0, 0.05) is 6.42 Å². The number of hydrogen-bond acceptors (Lipinski definition) is 3. The summed E-state index contributed by atoms with van der Waals surface area (Å²) >= 11 is 0. The van der Waals surface area contributed by atoms with Crippen molar-refractivity contribution in [2.24, 2.45) is 0 Å². The fourth-order valence-electron chi connectivity index (χ4n) is 2.13. The topological polar surface area (TPSA) is 82.0 Å². The van der Waals surface area contributed by atoms with Crippen LogP contribution in [-0.4, -0.2) is 11.8 Å². The predicted octanol–water partition coefficient (Wildman–Crippen LogP) is 3.25. The summed E-state index contributed by atoms with van der Waals surface area (Å²) in [6.45, 7) is 0. The van der Waals surface area contributed by atoms with Gasteiger partial charge in [-0.15, -0.1) is 0 Å². The third kappa shape index (κ3) is 5.21. The lowest BCUT2D eigenvalue weighted by molar-refractivity contribution is -0.116. The number of carbonyl (C=O) groups excluding carboxylic acids is 2. The third-order valence-corrected chi connectivity index (χ3v) is 3.24. The maximum Gasteiger partial charge on any atom is 0.238 e. The van der Waals surface area contributed by atoms with Gasteiger partial charge < -0.3 is 10.6 Å². The maximum atomic E-state index is 13.1. The average molecular weight is 325 g/mol. The van der Waals surface area contributed by atoms with E-state index in [0.29, 0.717) is 17.8 Å². The van der Waals surface area contributed by atoms with Crippen LogP contribution in [0.4, 0.5) is 15.8 Å². The number of nitrogens with zero attached hydrogens (tertiary/aromatic N) is 1. The van der Waals surface area contributed by atoms with E-state index in [4.69, 9.17) is 5.26 Å². The summed E-state index contributed by atoms with van der Waals surface area (Å²) in [7, 11) is 0. The number of benzene rings is 2. The molecule has 2 aromatic rings. The summed E-state index contributed by atoms with van der Waals surface area (Å²) < 4.78 is 13.1. The van der Waals surface area contributed by atoms with Gasteiger partial charge in [-0.25, -0.2) is 4.39 Å². The van der Waals surface area contributed by atoms with Gasteiger partial charge in [0.15, 0.2) is 0 Å². The van der Waals surface area contributed by atoms with Crippen molar-refractivity contribution >= 4 is 23.2 Å². The molecule has 0 aliphatic carbocycles. The normalized spacial score (nSPS) is 9.83. The number of anilines is 2. The lowest BCUT2D eigenvalue weighted by Gasteiger charge is -2.11. The smallest absolute Gasteiger partial charge is 0.238 e. The molecule has 2 N–H and O–H groups in total. The van der Waals surface area contributed by atoms with E-state index in [9.17, 15) is 14.0 Å². The summed E-state index contributed by atoms with van der Waals surface area (Å²) in [5.74, 6) is -1.03. The highest BCUT2D eigenvalue weighted by Gasteiger charge is 2.09. The fraction of sp³-hybridized carbons (Fsp3) is 0.167. The molecule has 0 saturated heterocycles. The second-order valence-corrected chi connectivity index (χ2v) is 5.11. The van der Waals surface area contributed by atoms with E-state index in [1.165, 1.54) is 12.1 Å². The molecule has 24 heavy (non-hydrogen) atoms. The standard InChI is InChI=1S/C18H16FN3O2/c19-14-5-3-4-13(12-14)8-9-17(23)21-15-6-1-2-7-16(15)22-18(24)10-11-20/h1-7,12H,8-10H2,(H,21,23)(H,22,24). The minimum absolute atomic E-state index is 0.184. The van der Waals surface area contributed by atoms with Crippen LogP contribution in [0.1, 0.15) is 18.4 Å². The summed E-state index contributed by atoms with van der Waals surface area (Å²) in [6, 6.07) is 14.6. The van der Waals surface area contributed by atoms with Gasteiger partial charge in [-0.3, -0.25) is 9.59 Å². The number of rotatable bonds is 6. The van der Waals surface area contributed by atoms with E-state index >= 15 is 0 Å². The molecule has 0 aliphatic heterocycles. The number of nitrogens with one attached hydrogen (secondary N) is 2. The SMILES string of the molecule is N#CCC(=O)Nc1ccccc1NC(=O)CCc1cccc(F)c1. The monoisotopic (exact) mass is 325 g/mol. The van der Waals surface area contributed by atoms with Gasteiger partial charge in [0.05, 0.1) is 17.4 Å². The predicted molar refractivity (Wildman–Crippen MR) is 88.7 cm³/mol. The molecule has 2 rings (SSSR count). The Labute approximate surface area is 139 Å². The van der Waals surface area contributed by atoms with Crippen molar-refractivity contribution in [2.45, 2.75) is 19.3 Å². The molecular formula is C18H16FN3O2. The number of aryl methyl sites for hydroxylation is 1. The molecule has 0 bridgehead atoms. The molecule has 0 aliphatic rings. The minimum atomic E-state index is -0.445. The van der Waals surface area contributed by atoms with Gasteiger partial charge in [0.2, 0.25) is 11.8 Å². The highest BCUT2D eigenvalue weighted by Crippen LogP contribution is 2.21. The first-order valence-electron chi connectivity index (χ1n) is 7.38. The molecule has 2 amide bonds. The molecule has 122 valence electrons. The number of hydrogen-bond donors (Lipinski definition) is 2. The number of nitriles is 1. The van der Waals surface area contributed by atoms with E-state index in [0.717, 1.165) is 5.56 Å². The second kappa shape index (κ2) is 8.44. The van der Waals surface area contributed by atoms with Crippen molar-refractivity contribution in [1.29, 1.82) is 5.26 Å². The Hall–Kier alpha value is -3.20. The highest BCUT2D eigenvalue weighted by atomic mass is 19.1. The molecular weight excluding hydrogens is 309 g/mol. The van der Waals surface area contributed by atoms with Crippen molar-refractivity contribution < 1.29 is 14.0 Å². The van der Waals surface area contributed by atoms with E-state index in [-0.39, 0.29) is 24.6 Å². The average Bonchev–Trinajstić information content (AvgIpc) is 2.55. The molecule has 0 unspecified atom stereocenters. The highest BCUT2D eigenvalue weighted by molar-refractivity contribution is 6.00. The van der Waals surface area contributed by atoms with Gasteiger partial charge in [-0.1, -0.05) is 24.3 Å². The fourth-order valence-corrected chi connectivity index (χ4v) is 2.13. The van der Waals surface area contributed by atoms with Gasteiger partial charge in [0.25, 0.3) is 0 Å². The molecule has 0 atom stereocenters. The summed E-state index contributed by atoms with van der Waals surface area (Å²) in [5.41, 5.74) is 1.62. The van der Waals surface area contributed by atoms with Crippen LogP contribution < -0.4 is 10.6 Å². The largest absolute Gasteiger partial charge is 0.324 e. The van der Waals surface area contributed by atoms with Crippen LogP contribution in [-0.2, 0) is 16.0 Å². The van der Waals surface area contributed by atoms with Gasteiger partial charge in [-0.2, -0.15) is 5.26 Å². The molecule has 6 heteroatoms. The number of amides is 2. The molecule has 5 nitrogen and oxygen atoms in total. The van der Waals surface area contributed by atoms with Gasteiger partial charge in [0.1, 0.15) is 12.2 Å². The Bertz CT molecular complexity index is 784. The van der Waals surface area contributed by atoms with Crippen molar-refractivity contribution in [3.63, 3.8) is 0 Å². The van der Waals surface area contributed by atoms with E-state index in [2.05, 4.69) is 10.6 Å². The van der Waals surface area contributed by atoms with Crippen LogP contribution in [0, 0.1) is 17.1 Å². The minimum Gasteiger partial charge on any atom is -0.324 e. The van der Waals surface area contributed by atoms with Gasteiger partial charge >= 0.3 is 0 Å². The Balaban J connectivity index is 1.96. The van der Waals surface area contributed by atoms with Crippen LogP contribution in [0.25, 0.3) is 0 Å². The zero-order chi connectivity index (χ0) is 17.4. The quantitative estimate of drug-likeness (QED) is 0.855. The van der Waals surface area contributed by atoms with Crippen LogP contribution >= 0.6 is 0 Å². The first-order valence-corrected chi connectivity index (χ1v) is 7.38. The Morgan fingerprint density at radius 1 is 1.00 bits per heavy atom. The first-order chi connectivity index (χ1) is 11.6. The number of carbonyl (C=O) groups is 2. The molecule has 0 radical (unpaired) electrons. The molecule has 0 saturated carbocycles. The lowest BCUT2D eigenvalue weighted by Crippen LogP contribution is -2.16. The van der Waals surface area contributed by atoms with E-state index in [1.807, 2.05) is 0 Å². The summed E-state index contributed by atoms with van der Waals surface area (Å²) in [6.07, 6.45) is 0.332. The van der Waals surface area contributed by atoms with E-state index in [1.54, 1.807) is 42.5 Å². The molecule has 0 fully saturated rings. The summed E-state index contributed by atoms with van der Waals surface area (Å²) in [5, 5.41) is 13.8. The molecule has 0 spiro atoms. The van der Waals surface area contributed by atoms with Crippen LogP contribution in [0.3, 0.4) is 0 Å². The first kappa shape index (κ1) is 17.2. The second-order valence-electron chi connectivity index (χ2n) is 5.11. The Kier molecular flexibility index (Phi) is 6.03. The summed E-state index contributed by atoms with van der Waals surface area (Å²) in [4.78, 5) is 23.6. The van der Waals surface area contributed by atoms with Gasteiger partial charge in [-0.05, 0) is 36.2 Å². The van der Waals surface area contributed by atoms with Crippen molar-refractivity contribution in [3.05, 3.63) is 59.9 Å². The van der Waals surface area contributed by atoms with Crippen molar-refractivity contribution in [2.75, 3.05) is 10.6 Å². The van der Waals surface area contributed by atoms with Crippen LogP contribution in [0.2, 0.25) is 0 Å². The number of halogens is 1.